The number of hydrogen-bond acceptors (Lipinski definition) is 3. The van der Waals surface area contributed by atoms with Gasteiger partial charge in [0.25, 0.3) is 5.91 Å². The molecule has 22 heavy (non-hydrogen) atoms. The number of carbonyl (C=O) groups is 1. The molecule has 4 nitrogen and oxygen atoms in total. The number of aryl methyl sites for hydroxylation is 1. The molecule has 0 radical (unpaired) electrons. The van der Waals surface area contributed by atoms with Gasteiger partial charge in [-0.15, -0.1) is 0 Å². The van der Waals surface area contributed by atoms with Crippen LogP contribution in [0.1, 0.15) is 44.6 Å². The van der Waals surface area contributed by atoms with Gasteiger partial charge in [0.1, 0.15) is 0 Å². The van der Waals surface area contributed by atoms with E-state index >= 15 is 0 Å². The zero-order valence-electron chi connectivity index (χ0n) is 13.2. The van der Waals surface area contributed by atoms with Crippen molar-refractivity contribution in [3.8, 4) is 0 Å². The summed E-state index contributed by atoms with van der Waals surface area (Å²) in [5, 5.41) is 1.53. The van der Waals surface area contributed by atoms with Crippen LogP contribution in [0.2, 0.25) is 0 Å². The molecule has 1 aromatic carbocycles. The third kappa shape index (κ3) is 3.50. The summed E-state index contributed by atoms with van der Waals surface area (Å²) in [7, 11) is 0. The molecule has 120 valence electrons. The Morgan fingerprint density at radius 3 is 2.77 bits per heavy atom. The molecule has 0 N–H and O–H groups in total. The summed E-state index contributed by atoms with van der Waals surface area (Å²) in [4.78, 5) is 17.9. The molecule has 2 aliphatic heterocycles. The fourth-order valence-electron chi connectivity index (χ4n) is 3.26. The van der Waals surface area contributed by atoms with Crippen LogP contribution in [0.5, 0.6) is 0 Å². The number of benzene rings is 1. The smallest absolute Gasteiger partial charge is 0.251 e. The van der Waals surface area contributed by atoms with Crippen LogP contribution in [0.4, 0.5) is 0 Å². The van der Waals surface area contributed by atoms with E-state index < -0.39 is 0 Å². The number of amides is 1. The van der Waals surface area contributed by atoms with Crippen LogP contribution in [0.3, 0.4) is 0 Å². The number of hydroxylamine groups is 2. The van der Waals surface area contributed by atoms with Gasteiger partial charge < -0.3 is 4.74 Å². The molecule has 0 spiro atoms. The summed E-state index contributed by atoms with van der Waals surface area (Å²) in [5.41, 5.74) is 1.34. The van der Waals surface area contributed by atoms with Crippen LogP contribution in [0.15, 0.2) is 30.3 Å². The average molecular weight is 303 g/mol. The van der Waals surface area contributed by atoms with E-state index in [0.29, 0.717) is 0 Å². The molecule has 2 saturated heterocycles. The van der Waals surface area contributed by atoms with Gasteiger partial charge in [0, 0.05) is 13.0 Å². The minimum absolute atomic E-state index is 0.104. The highest BCUT2D eigenvalue weighted by Crippen LogP contribution is 2.32. The van der Waals surface area contributed by atoms with Crippen LogP contribution in [0.25, 0.3) is 0 Å². The number of nitrogens with zero attached hydrogens (tertiary/aromatic N) is 1. The monoisotopic (exact) mass is 303 g/mol. The minimum Gasteiger partial charge on any atom is -0.350 e. The topological polar surface area (TPSA) is 38.8 Å². The van der Waals surface area contributed by atoms with Crippen LogP contribution in [-0.2, 0) is 20.8 Å². The Bertz CT molecular complexity index is 484. The second-order valence-corrected chi connectivity index (χ2v) is 6.29. The molecular weight excluding hydrogens is 278 g/mol. The Balaban J connectivity index is 1.41. The molecule has 2 aliphatic rings. The van der Waals surface area contributed by atoms with Crippen molar-refractivity contribution in [3.63, 3.8) is 0 Å². The normalized spacial score (nSPS) is 28.5. The highest BCUT2D eigenvalue weighted by atomic mass is 16.8. The van der Waals surface area contributed by atoms with Gasteiger partial charge in [-0.25, -0.2) is 9.90 Å². The molecule has 4 heteroatoms. The van der Waals surface area contributed by atoms with Crippen molar-refractivity contribution in [2.75, 3.05) is 6.61 Å². The van der Waals surface area contributed by atoms with Gasteiger partial charge in [0.2, 0.25) is 0 Å². The minimum atomic E-state index is -0.231. The predicted octanol–water partition coefficient (Wildman–Crippen LogP) is 3.31. The fourth-order valence-corrected chi connectivity index (χ4v) is 3.26. The number of hydrogen-bond donors (Lipinski definition) is 0. The second kappa shape index (κ2) is 7.25. The zero-order chi connectivity index (χ0) is 15.4. The van der Waals surface area contributed by atoms with Crippen LogP contribution in [0, 0.1) is 5.92 Å². The van der Waals surface area contributed by atoms with Crippen molar-refractivity contribution in [2.45, 2.75) is 57.8 Å². The molecule has 2 heterocycles. The summed E-state index contributed by atoms with van der Waals surface area (Å²) in [6, 6.07) is 10.6. The maximum absolute atomic E-state index is 12.2. The van der Waals surface area contributed by atoms with Crippen molar-refractivity contribution in [1.29, 1.82) is 0 Å². The molecule has 3 atom stereocenters. The Hall–Kier alpha value is -1.39. The lowest BCUT2D eigenvalue weighted by atomic mass is 9.86. The Morgan fingerprint density at radius 1 is 1.27 bits per heavy atom. The van der Waals surface area contributed by atoms with Gasteiger partial charge in [-0.05, 0) is 44.6 Å². The van der Waals surface area contributed by atoms with Crippen molar-refractivity contribution in [1.82, 2.24) is 5.06 Å². The maximum atomic E-state index is 12.2. The van der Waals surface area contributed by atoms with Gasteiger partial charge in [-0.2, -0.15) is 0 Å². The molecule has 0 aromatic heterocycles. The SMILES string of the molecule is CC1C(CCCc2ccccc2)C(=O)N1OC1CCCCO1. The Labute approximate surface area is 132 Å². The van der Waals surface area contributed by atoms with Crippen molar-refractivity contribution < 1.29 is 14.4 Å². The summed E-state index contributed by atoms with van der Waals surface area (Å²) < 4.78 is 5.54. The zero-order valence-corrected chi connectivity index (χ0v) is 13.2. The van der Waals surface area contributed by atoms with Crippen LogP contribution in [-0.4, -0.2) is 29.9 Å². The number of carbonyl (C=O) groups excluding carboxylic acids is 1. The van der Waals surface area contributed by atoms with E-state index in [1.54, 1.807) is 0 Å². The summed E-state index contributed by atoms with van der Waals surface area (Å²) in [6.45, 7) is 2.80. The lowest BCUT2D eigenvalue weighted by Gasteiger charge is -2.45. The number of rotatable bonds is 6. The molecule has 0 aliphatic carbocycles. The first-order valence-corrected chi connectivity index (χ1v) is 8.41. The van der Waals surface area contributed by atoms with Crippen LogP contribution >= 0.6 is 0 Å². The first kappa shape index (κ1) is 15.5. The molecule has 1 aromatic rings. The summed E-state index contributed by atoms with van der Waals surface area (Å²) >= 11 is 0. The van der Waals surface area contributed by atoms with Gasteiger partial charge in [0.15, 0.2) is 6.29 Å². The molecule has 0 saturated carbocycles. The maximum Gasteiger partial charge on any atom is 0.251 e. The third-order valence-electron chi connectivity index (χ3n) is 4.68. The van der Waals surface area contributed by atoms with E-state index in [1.165, 1.54) is 10.6 Å². The largest absolute Gasteiger partial charge is 0.350 e. The molecule has 1 amide bonds. The van der Waals surface area contributed by atoms with E-state index in [-0.39, 0.29) is 24.2 Å². The van der Waals surface area contributed by atoms with E-state index in [9.17, 15) is 4.79 Å². The lowest BCUT2D eigenvalue weighted by Crippen LogP contribution is -2.60. The van der Waals surface area contributed by atoms with E-state index in [0.717, 1.165) is 45.1 Å². The Kier molecular flexibility index (Phi) is 5.11. The molecule has 2 fully saturated rings. The first-order valence-electron chi connectivity index (χ1n) is 8.41. The molecular formula is C18H25NO3. The quantitative estimate of drug-likeness (QED) is 0.757. The van der Waals surface area contributed by atoms with Crippen molar-refractivity contribution in [2.24, 2.45) is 5.92 Å². The average Bonchev–Trinajstić information content (AvgIpc) is 2.58. The standard InChI is InChI=1S/C18H25NO3/c1-14-16(11-7-10-15-8-3-2-4-9-15)18(20)19(14)22-17-12-5-6-13-21-17/h2-4,8-9,14,16-17H,5-7,10-13H2,1H3. The van der Waals surface area contributed by atoms with Gasteiger partial charge in [0.05, 0.1) is 12.0 Å². The molecule has 3 unspecified atom stereocenters. The molecule has 0 bridgehead atoms. The van der Waals surface area contributed by atoms with Crippen molar-refractivity contribution in [3.05, 3.63) is 35.9 Å². The number of ether oxygens (including phenoxy) is 1. The van der Waals surface area contributed by atoms with E-state index in [1.807, 2.05) is 6.07 Å². The van der Waals surface area contributed by atoms with Gasteiger partial charge >= 0.3 is 0 Å². The fraction of sp³-hybridized carbons (Fsp3) is 0.611. The van der Waals surface area contributed by atoms with E-state index in [4.69, 9.17) is 9.57 Å². The number of β-lactam (4-membered cyclic amide) rings is 1. The highest BCUT2D eigenvalue weighted by molar-refractivity contribution is 5.84. The first-order chi connectivity index (χ1) is 10.8. The second-order valence-electron chi connectivity index (χ2n) is 6.29. The summed E-state index contributed by atoms with van der Waals surface area (Å²) in [5.74, 6) is 0.224. The third-order valence-corrected chi connectivity index (χ3v) is 4.68. The highest BCUT2D eigenvalue weighted by Gasteiger charge is 2.46. The molecule has 3 rings (SSSR count). The van der Waals surface area contributed by atoms with Crippen molar-refractivity contribution >= 4 is 5.91 Å². The summed E-state index contributed by atoms with van der Waals surface area (Å²) in [6.07, 6.45) is 5.86. The van der Waals surface area contributed by atoms with Gasteiger partial charge in [-0.1, -0.05) is 30.3 Å². The van der Waals surface area contributed by atoms with Crippen LogP contribution < -0.4 is 0 Å². The lowest BCUT2D eigenvalue weighted by molar-refractivity contribution is -0.316. The van der Waals surface area contributed by atoms with E-state index in [2.05, 4.69) is 31.2 Å². The predicted molar refractivity (Wildman–Crippen MR) is 83.9 cm³/mol. The van der Waals surface area contributed by atoms with Gasteiger partial charge in [-0.3, -0.25) is 4.79 Å². The Morgan fingerprint density at radius 2 is 2.09 bits per heavy atom.